The molecule has 0 saturated heterocycles. The van der Waals surface area contributed by atoms with E-state index >= 15 is 0 Å². The molecule has 0 amide bonds. The van der Waals surface area contributed by atoms with Crippen molar-refractivity contribution in [1.29, 1.82) is 0 Å². The van der Waals surface area contributed by atoms with Crippen molar-refractivity contribution < 1.29 is 0 Å². The maximum Gasteiger partial charge on any atom is 0.198 e. The molecular formula is C11H14N4. The fraction of sp³-hybridized carbons (Fsp3) is 0.182. The Kier molecular flexibility index (Phi) is 2.33. The maximum absolute atomic E-state index is 5.73. The number of nitrogens with two attached hydrogens (primary N) is 2. The van der Waals surface area contributed by atoms with Crippen LogP contribution in [0.3, 0.4) is 0 Å². The van der Waals surface area contributed by atoms with E-state index in [1.807, 2.05) is 24.3 Å². The lowest BCUT2D eigenvalue weighted by atomic mass is 10.1. The molecule has 15 heavy (non-hydrogen) atoms. The van der Waals surface area contributed by atoms with Gasteiger partial charge in [0.25, 0.3) is 0 Å². The van der Waals surface area contributed by atoms with Crippen LogP contribution in [0.25, 0.3) is 11.3 Å². The molecule has 2 aromatic rings. The van der Waals surface area contributed by atoms with Crippen LogP contribution in [0.15, 0.2) is 24.3 Å². The number of H-pyrrole nitrogens is 1. The van der Waals surface area contributed by atoms with Crippen LogP contribution in [0.4, 0.5) is 11.6 Å². The summed E-state index contributed by atoms with van der Waals surface area (Å²) in [4.78, 5) is 7.30. The molecule has 0 spiro atoms. The molecule has 0 aliphatic carbocycles. The summed E-state index contributed by atoms with van der Waals surface area (Å²) in [6.07, 6.45) is 0.869. The molecule has 4 heteroatoms. The van der Waals surface area contributed by atoms with Gasteiger partial charge in [0, 0.05) is 16.9 Å². The molecule has 0 atom stereocenters. The van der Waals surface area contributed by atoms with Gasteiger partial charge in [-0.15, -0.1) is 0 Å². The molecule has 0 fully saturated rings. The molecule has 0 unspecified atom stereocenters. The average Bonchev–Trinajstić information content (AvgIpc) is 2.59. The van der Waals surface area contributed by atoms with Gasteiger partial charge in [-0.1, -0.05) is 19.1 Å². The first-order valence-corrected chi connectivity index (χ1v) is 4.91. The monoisotopic (exact) mass is 202 g/mol. The van der Waals surface area contributed by atoms with Crippen LogP contribution in [-0.4, -0.2) is 9.97 Å². The summed E-state index contributed by atoms with van der Waals surface area (Å²) in [7, 11) is 0. The highest BCUT2D eigenvalue weighted by Crippen LogP contribution is 2.24. The lowest BCUT2D eigenvalue weighted by Gasteiger charge is -2.01. The number of aryl methyl sites for hydroxylation is 1. The van der Waals surface area contributed by atoms with Crippen molar-refractivity contribution in [2.24, 2.45) is 0 Å². The number of aromatic nitrogens is 2. The first kappa shape index (κ1) is 9.58. The second kappa shape index (κ2) is 3.65. The number of aromatic amines is 1. The van der Waals surface area contributed by atoms with Gasteiger partial charge in [0.15, 0.2) is 5.95 Å². The third kappa shape index (κ3) is 1.79. The first-order valence-electron chi connectivity index (χ1n) is 4.91. The Balaban J connectivity index is 2.53. The first-order chi connectivity index (χ1) is 7.20. The predicted molar refractivity (Wildman–Crippen MR) is 62.2 cm³/mol. The quantitative estimate of drug-likeness (QED) is 0.649. The Morgan fingerprint density at radius 1 is 1.33 bits per heavy atom. The van der Waals surface area contributed by atoms with Gasteiger partial charge in [-0.05, 0) is 18.6 Å². The molecule has 1 aromatic carbocycles. The lowest BCUT2D eigenvalue weighted by molar-refractivity contribution is 1.07. The van der Waals surface area contributed by atoms with E-state index in [4.69, 9.17) is 11.5 Å². The van der Waals surface area contributed by atoms with Crippen LogP contribution in [0.1, 0.15) is 12.6 Å². The summed E-state index contributed by atoms with van der Waals surface area (Å²) in [6, 6.07) is 7.64. The highest BCUT2D eigenvalue weighted by molar-refractivity contribution is 5.67. The zero-order valence-corrected chi connectivity index (χ0v) is 8.62. The normalized spacial score (nSPS) is 10.5. The second-order valence-electron chi connectivity index (χ2n) is 3.43. The molecule has 1 aromatic heterocycles. The molecule has 0 saturated carbocycles. The summed E-state index contributed by atoms with van der Waals surface area (Å²) in [6.45, 7) is 2.06. The summed E-state index contributed by atoms with van der Waals surface area (Å²) in [5.41, 5.74) is 15.0. The van der Waals surface area contributed by atoms with Crippen molar-refractivity contribution in [3.8, 4) is 11.3 Å². The van der Waals surface area contributed by atoms with E-state index in [1.54, 1.807) is 0 Å². The fourth-order valence-corrected chi connectivity index (χ4v) is 1.61. The number of nitrogens with one attached hydrogen (secondary N) is 1. The van der Waals surface area contributed by atoms with Crippen LogP contribution in [0.5, 0.6) is 0 Å². The Hall–Kier alpha value is -1.97. The standard InChI is InChI=1S/C11H14N4/c1-2-9-10(15-11(13)14-9)7-4-3-5-8(12)6-7/h3-6H,2,12H2,1H3,(H3,13,14,15). The predicted octanol–water partition coefficient (Wildman–Crippen LogP) is 1.80. The fourth-order valence-electron chi connectivity index (χ4n) is 1.61. The van der Waals surface area contributed by atoms with Gasteiger partial charge in [0.2, 0.25) is 0 Å². The summed E-state index contributed by atoms with van der Waals surface area (Å²) in [5.74, 6) is 0.448. The van der Waals surface area contributed by atoms with Crippen LogP contribution in [-0.2, 0) is 6.42 Å². The van der Waals surface area contributed by atoms with Gasteiger partial charge in [-0.3, -0.25) is 0 Å². The van der Waals surface area contributed by atoms with E-state index in [0.717, 1.165) is 29.1 Å². The van der Waals surface area contributed by atoms with Crippen molar-refractivity contribution >= 4 is 11.6 Å². The zero-order chi connectivity index (χ0) is 10.8. The minimum atomic E-state index is 0.448. The Bertz CT molecular complexity index is 473. The SMILES string of the molecule is CCc1[nH]c(N)nc1-c1cccc(N)c1. The average molecular weight is 202 g/mol. The van der Waals surface area contributed by atoms with Gasteiger partial charge < -0.3 is 16.5 Å². The van der Waals surface area contributed by atoms with E-state index in [9.17, 15) is 0 Å². The molecule has 4 nitrogen and oxygen atoms in total. The number of benzene rings is 1. The van der Waals surface area contributed by atoms with E-state index in [-0.39, 0.29) is 0 Å². The Labute approximate surface area is 88.3 Å². The molecule has 0 aliphatic heterocycles. The molecular weight excluding hydrogens is 188 g/mol. The van der Waals surface area contributed by atoms with Crippen molar-refractivity contribution in [2.45, 2.75) is 13.3 Å². The van der Waals surface area contributed by atoms with Gasteiger partial charge in [-0.25, -0.2) is 4.98 Å². The number of nitrogens with zero attached hydrogens (tertiary/aromatic N) is 1. The number of nitrogen functional groups attached to an aromatic ring is 2. The summed E-state index contributed by atoms with van der Waals surface area (Å²) in [5, 5.41) is 0. The van der Waals surface area contributed by atoms with E-state index in [2.05, 4.69) is 16.9 Å². The number of anilines is 2. The van der Waals surface area contributed by atoms with Gasteiger partial charge >= 0.3 is 0 Å². The van der Waals surface area contributed by atoms with Crippen molar-refractivity contribution in [3.05, 3.63) is 30.0 Å². The van der Waals surface area contributed by atoms with Crippen LogP contribution < -0.4 is 11.5 Å². The van der Waals surface area contributed by atoms with E-state index in [0.29, 0.717) is 5.95 Å². The Morgan fingerprint density at radius 2 is 2.13 bits per heavy atom. The molecule has 0 bridgehead atoms. The minimum absolute atomic E-state index is 0.448. The van der Waals surface area contributed by atoms with E-state index in [1.165, 1.54) is 0 Å². The highest BCUT2D eigenvalue weighted by Gasteiger charge is 2.08. The molecule has 2 rings (SSSR count). The van der Waals surface area contributed by atoms with Crippen LogP contribution in [0.2, 0.25) is 0 Å². The van der Waals surface area contributed by atoms with E-state index < -0.39 is 0 Å². The van der Waals surface area contributed by atoms with Gasteiger partial charge in [0.1, 0.15) is 0 Å². The summed E-state index contributed by atoms with van der Waals surface area (Å²) >= 11 is 0. The number of imidazole rings is 1. The highest BCUT2D eigenvalue weighted by atomic mass is 15.0. The smallest absolute Gasteiger partial charge is 0.198 e. The third-order valence-corrected chi connectivity index (χ3v) is 2.31. The van der Waals surface area contributed by atoms with Crippen molar-refractivity contribution in [1.82, 2.24) is 9.97 Å². The van der Waals surface area contributed by atoms with Crippen molar-refractivity contribution in [3.63, 3.8) is 0 Å². The van der Waals surface area contributed by atoms with Crippen LogP contribution >= 0.6 is 0 Å². The number of rotatable bonds is 2. The third-order valence-electron chi connectivity index (χ3n) is 2.31. The topological polar surface area (TPSA) is 80.7 Å². The van der Waals surface area contributed by atoms with Gasteiger partial charge in [-0.2, -0.15) is 0 Å². The van der Waals surface area contributed by atoms with Crippen molar-refractivity contribution in [2.75, 3.05) is 11.5 Å². The van der Waals surface area contributed by atoms with Crippen LogP contribution in [0, 0.1) is 0 Å². The summed E-state index contributed by atoms with van der Waals surface area (Å²) < 4.78 is 0. The largest absolute Gasteiger partial charge is 0.399 e. The number of hydrogen-bond donors (Lipinski definition) is 3. The molecule has 1 heterocycles. The minimum Gasteiger partial charge on any atom is -0.399 e. The number of hydrogen-bond acceptors (Lipinski definition) is 3. The molecule has 0 radical (unpaired) electrons. The lowest BCUT2D eigenvalue weighted by Crippen LogP contribution is -1.88. The zero-order valence-electron chi connectivity index (χ0n) is 8.62. The molecule has 0 aliphatic rings. The molecule has 78 valence electrons. The Morgan fingerprint density at radius 3 is 2.80 bits per heavy atom. The van der Waals surface area contributed by atoms with Gasteiger partial charge in [0.05, 0.1) is 5.69 Å². The molecule has 5 N–H and O–H groups in total. The maximum atomic E-state index is 5.73. The second-order valence-corrected chi connectivity index (χ2v) is 3.43.